The van der Waals surface area contributed by atoms with E-state index in [4.69, 9.17) is 32.4 Å². The van der Waals surface area contributed by atoms with E-state index in [1.54, 1.807) is 0 Å². The Morgan fingerprint density at radius 3 is 2.57 bits per heavy atom. The smallest absolute Gasteiger partial charge is 0.425 e. The van der Waals surface area contributed by atoms with Gasteiger partial charge in [0.2, 0.25) is 0 Å². The van der Waals surface area contributed by atoms with E-state index < -0.39 is 17.0 Å². The topological polar surface area (TPSA) is 44.4 Å². The zero-order chi connectivity index (χ0) is 17.4. The second-order valence-electron chi connectivity index (χ2n) is 5.91. The van der Waals surface area contributed by atoms with Crippen LogP contribution in [0.1, 0.15) is 26.5 Å². The van der Waals surface area contributed by atoms with Crippen molar-refractivity contribution in [2.24, 2.45) is 0 Å². The molecule has 0 bridgehead atoms. The van der Waals surface area contributed by atoms with Crippen LogP contribution in [0.15, 0.2) is 34.0 Å². The standard InChI is InChI=1S/C16H16Cl2FNO3/c1-5-6-22-12-8-11(10(19)7-9(12)17)20-14(18)13(16(2,3)4)23-15(20)21/h5,7-8H,1,6H2,2-4H3. The Balaban J connectivity index is 2.65. The zero-order valence-electron chi connectivity index (χ0n) is 13.0. The van der Waals surface area contributed by atoms with E-state index >= 15 is 0 Å². The summed E-state index contributed by atoms with van der Waals surface area (Å²) < 4.78 is 25.8. The predicted octanol–water partition coefficient (Wildman–Crippen LogP) is 4.74. The Morgan fingerprint density at radius 2 is 2.04 bits per heavy atom. The summed E-state index contributed by atoms with van der Waals surface area (Å²) in [5.74, 6) is -1.02. The molecule has 7 heteroatoms. The lowest BCUT2D eigenvalue weighted by Crippen LogP contribution is -2.14. The van der Waals surface area contributed by atoms with Crippen molar-refractivity contribution in [1.82, 2.24) is 4.57 Å². The highest BCUT2D eigenvalue weighted by Crippen LogP contribution is 2.34. The summed E-state index contributed by atoms with van der Waals surface area (Å²) in [5, 5.41) is 0.0928. The van der Waals surface area contributed by atoms with Crippen molar-refractivity contribution in [3.05, 3.63) is 57.1 Å². The average Bonchev–Trinajstić information content (AvgIpc) is 2.74. The van der Waals surface area contributed by atoms with Gasteiger partial charge in [-0.2, -0.15) is 0 Å². The van der Waals surface area contributed by atoms with Gasteiger partial charge in [0.1, 0.15) is 18.2 Å². The molecular formula is C16H16Cl2FNO3. The quantitative estimate of drug-likeness (QED) is 0.740. The van der Waals surface area contributed by atoms with Crippen molar-refractivity contribution in [2.75, 3.05) is 6.61 Å². The number of hydrogen-bond donors (Lipinski definition) is 0. The van der Waals surface area contributed by atoms with E-state index in [0.29, 0.717) is 0 Å². The molecule has 23 heavy (non-hydrogen) atoms. The summed E-state index contributed by atoms with van der Waals surface area (Å²) in [7, 11) is 0. The molecule has 0 spiro atoms. The van der Waals surface area contributed by atoms with Gasteiger partial charge >= 0.3 is 5.76 Å². The monoisotopic (exact) mass is 359 g/mol. The molecule has 124 valence electrons. The van der Waals surface area contributed by atoms with Crippen LogP contribution in [0, 0.1) is 5.82 Å². The largest absolute Gasteiger partial charge is 0.488 e. The van der Waals surface area contributed by atoms with Gasteiger partial charge < -0.3 is 9.15 Å². The van der Waals surface area contributed by atoms with Crippen LogP contribution in [0.3, 0.4) is 0 Å². The summed E-state index contributed by atoms with van der Waals surface area (Å²) in [6, 6.07) is 2.36. The molecule has 0 fully saturated rings. The molecule has 1 aromatic heterocycles. The molecule has 0 unspecified atom stereocenters. The minimum absolute atomic E-state index is 0.0124. The molecule has 2 aromatic rings. The SMILES string of the molecule is C=CCOc1cc(-n2c(Cl)c(C(C)(C)C)oc2=O)c(F)cc1Cl. The first-order chi connectivity index (χ1) is 10.7. The molecule has 0 saturated carbocycles. The molecule has 0 aliphatic rings. The molecule has 0 saturated heterocycles. The fourth-order valence-corrected chi connectivity index (χ4v) is 2.66. The van der Waals surface area contributed by atoms with E-state index in [-0.39, 0.29) is 34.0 Å². The van der Waals surface area contributed by atoms with Crippen LogP contribution in [-0.2, 0) is 5.41 Å². The lowest BCUT2D eigenvalue weighted by molar-refractivity contribution is 0.362. The Bertz CT molecular complexity index is 803. The van der Waals surface area contributed by atoms with Crippen LogP contribution in [0.5, 0.6) is 5.75 Å². The number of ether oxygens (including phenoxy) is 1. The number of benzene rings is 1. The second-order valence-corrected chi connectivity index (χ2v) is 6.67. The van der Waals surface area contributed by atoms with Gasteiger partial charge in [0, 0.05) is 11.5 Å². The summed E-state index contributed by atoms with van der Waals surface area (Å²) in [4.78, 5) is 12.1. The highest BCUT2D eigenvalue weighted by atomic mass is 35.5. The fourth-order valence-electron chi connectivity index (χ4n) is 1.97. The summed E-state index contributed by atoms with van der Waals surface area (Å²) in [5.41, 5.74) is -0.602. The van der Waals surface area contributed by atoms with Crippen molar-refractivity contribution >= 4 is 23.2 Å². The van der Waals surface area contributed by atoms with E-state index in [1.165, 1.54) is 12.1 Å². The number of nitrogens with zero attached hydrogens (tertiary/aromatic N) is 1. The van der Waals surface area contributed by atoms with Crippen LogP contribution in [-0.4, -0.2) is 11.2 Å². The highest BCUT2D eigenvalue weighted by molar-refractivity contribution is 6.32. The lowest BCUT2D eigenvalue weighted by Gasteiger charge is -2.15. The Hall–Kier alpha value is -1.72. The Kier molecular flexibility index (Phi) is 4.92. The van der Waals surface area contributed by atoms with Crippen molar-refractivity contribution in [2.45, 2.75) is 26.2 Å². The molecule has 2 rings (SSSR count). The van der Waals surface area contributed by atoms with Gasteiger partial charge in [-0.05, 0) is 6.07 Å². The molecule has 0 N–H and O–H groups in total. The number of oxazole rings is 1. The van der Waals surface area contributed by atoms with Crippen molar-refractivity contribution in [3.63, 3.8) is 0 Å². The van der Waals surface area contributed by atoms with E-state index in [0.717, 1.165) is 10.6 Å². The Morgan fingerprint density at radius 1 is 1.39 bits per heavy atom. The first-order valence-corrected chi connectivity index (χ1v) is 7.57. The summed E-state index contributed by atoms with van der Waals surface area (Å²) in [6.45, 7) is 9.21. The van der Waals surface area contributed by atoms with Crippen LogP contribution >= 0.6 is 23.2 Å². The first-order valence-electron chi connectivity index (χ1n) is 6.81. The highest BCUT2D eigenvalue weighted by Gasteiger charge is 2.28. The van der Waals surface area contributed by atoms with E-state index in [9.17, 15) is 9.18 Å². The minimum atomic E-state index is -0.782. The van der Waals surface area contributed by atoms with Crippen LogP contribution in [0.4, 0.5) is 4.39 Å². The zero-order valence-corrected chi connectivity index (χ0v) is 14.5. The number of aromatic nitrogens is 1. The summed E-state index contributed by atoms with van der Waals surface area (Å²) >= 11 is 12.2. The van der Waals surface area contributed by atoms with Gasteiger partial charge in [0.15, 0.2) is 10.9 Å². The molecule has 1 aromatic carbocycles. The van der Waals surface area contributed by atoms with Gasteiger partial charge in [-0.3, -0.25) is 0 Å². The first kappa shape index (κ1) is 17.6. The molecule has 0 aliphatic heterocycles. The number of hydrogen-bond acceptors (Lipinski definition) is 3. The molecule has 0 atom stereocenters. The molecule has 0 amide bonds. The number of rotatable bonds is 4. The third kappa shape index (κ3) is 3.46. The minimum Gasteiger partial charge on any atom is -0.488 e. The maximum absolute atomic E-state index is 14.3. The van der Waals surface area contributed by atoms with Crippen molar-refractivity contribution < 1.29 is 13.5 Å². The molecule has 0 aliphatic carbocycles. The normalized spacial score (nSPS) is 11.6. The molecule has 0 radical (unpaired) electrons. The average molecular weight is 360 g/mol. The third-order valence-electron chi connectivity index (χ3n) is 3.04. The van der Waals surface area contributed by atoms with E-state index in [1.807, 2.05) is 20.8 Å². The Labute approximate surface area is 143 Å². The van der Waals surface area contributed by atoms with Crippen LogP contribution < -0.4 is 10.5 Å². The van der Waals surface area contributed by atoms with Gasteiger partial charge in [-0.25, -0.2) is 13.8 Å². The molecule has 1 heterocycles. The number of halogens is 3. The summed E-state index contributed by atoms with van der Waals surface area (Å²) in [6.07, 6.45) is 1.52. The maximum Gasteiger partial charge on any atom is 0.425 e. The van der Waals surface area contributed by atoms with E-state index in [2.05, 4.69) is 6.58 Å². The molecular weight excluding hydrogens is 344 g/mol. The van der Waals surface area contributed by atoms with Gasteiger partial charge in [-0.1, -0.05) is 56.6 Å². The third-order valence-corrected chi connectivity index (χ3v) is 3.67. The molecule has 4 nitrogen and oxygen atoms in total. The van der Waals surface area contributed by atoms with Crippen LogP contribution in [0.25, 0.3) is 5.69 Å². The second kappa shape index (κ2) is 6.42. The lowest BCUT2D eigenvalue weighted by atomic mass is 9.94. The van der Waals surface area contributed by atoms with Crippen molar-refractivity contribution in [1.29, 1.82) is 0 Å². The van der Waals surface area contributed by atoms with Crippen molar-refractivity contribution in [3.8, 4) is 11.4 Å². The van der Waals surface area contributed by atoms with Gasteiger partial charge in [0.25, 0.3) is 0 Å². The fraction of sp³-hybridized carbons (Fsp3) is 0.312. The van der Waals surface area contributed by atoms with Gasteiger partial charge in [-0.15, -0.1) is 0 Å². The predicted molar refractivity (Wildman–Crippen MR) is 88.7 cm³/mol. The van der Waals surface area contributed by atoms with Crippen LogP contribution in [0.2, 0.25) is 10.2 Å². The maximum atomic E-state index is 14.3. The van der Waals surface area contributed by atoms with Gasteiger partial charge in [0.05, 0.1) is 10.7 Å².